The van der Waals surface area contributed by atoms with Gasteiger partial charge < -0.3 is 24.3 Å². The molecule has 36 heavy (non-hydrogen) atoms. The quantitative estimate of drug-likeness (QED) is 0.471. The van der Waals surface area contributed by atoms with Crippen LogP contribution >= 0.6 is 0 Å². The lowest BCUT2D eigenvalue weighted by Gasteiger charge is -2.38. The van der Waals surface area contributed by atoms with Crippen LogP contribution < -0.4 is 9.64 Å². The molecule has 2 aliphatic rings. The van der Waals surface area contributed by atoms with Crippen LogP contribution in [-0.4, -0.2) is 65.2 Å². The Morgan fingerprint density at radius 3 is 2.89 bits per heavy atom. The SMILES string of the molecule is COc1cccc(C(=O)N2CCc3c(nc(-c4cccc5[nH]ccc45)nc3N3CCOC[C@H]3C)C2)c1. The van der Waals surface area contributed by atoms with E-state index in [1.807, 2.05) is 35.4 Å². The van der Waals surface area contributed by atoms with Crippen LogP contribution in [-0.2, 0) is 17.7 Å². The van der Waals surface area contributed by atoms with E-state index in [9.17, 15) is 4.79 Å². The molecule has 0 saturated carbocycles. The van der Waals surface area contributed by atoms with E-state index in [1.165, 1.54) is 0 Å². The number of anilines is 1. The molecule has 0 spiro atoms. The molecule has 0 bridgehead atoms. The van der Waals surface area contributed by atoms with Gasteiger partial charge in [-0.3, -0.25) is 4.79 Å². The summed E-state index contributed by atoms with van der Waals surface area (Å²) in [6.07, 6.45) is 2.64. The van der Waals surface area contributed by atoms with Crippen LogP contribution in [0.3, 0.4) is 0 Å². The summed E-state index contributed by atoms with van der Waals surface area (Å²) in [4.78, 5) is 31.1. The Morgan fingerprint density at radius 1 is 1.14 bits per heavy atom. The summed E-state index contributed by atoms with van der Waals surface area (Å²) in [6, 6.07) is 15.7. The molecule has 0 radical (unpaired) electrons. The minimum absolute atomic E-state index is 0.0197. The highest BCUT2D eigenvalue weighted by Crippen LogP contribution is 2.34. The average Bonchev–Trinajstić information content (AvgIpc) is 3.41. The molecule has 1 N–H and O–H groups in total. The number of carbonyl (C=O) groups excluding carboxylic acids is 1. The van der Waals surface area contributed by atoms with Gasteiger partial charge in [0.15, 0.2) is 5.82 Å². The van der Waals surface area contributed by atoms with Crippen molar-refractivity contribution in [2.45, 2.75) is 25.9 Å². The van der Waals surface area contributed by atoms with Gasteiger partial charge in [0.1, 0.15) is 11.6 Å². The van der Waals surface area contributed by atoms with E-state index in [2.05, 4.69) is 35.0 Å². The van der Waals surface area contributed by atoms with Crippen LogP contribution in [0, 0.1) is 0 Å². The number of aromatic nitrogens is 3. The number of nitrogens with one attached hydrogen (secondary N) is 1. The molecule has 4 aromatic rings. The highest BCUT2D eigenvalue weighted by Gasteiger charge is 2.31. The predicted molar refractivity (Wildman–Crippen MR) is 138 cm³/mol. The maximum Gasteiger partial charge on any atom is 0.254 e. The van der Waals surface area contributed by atoms with Crippen LogP contribution in [0.2, 0.25) is 0 Å². The minimum atomic E-state index is -0.0197. The topological polar surface area (TPSA) is 83.6 Å². The van der Waals surface area contributed by atoms with Crippen LogP contribution in [0.15, 0.2) is 54.7 Å². The van der Waals surface area contributed by atoms with E-state index in [0.29, 0.717) is 49.9 Å². The zero-order valence-corrected chi connectivity index (χ0v) is 20.5. The molecule has 4 heterocycles. The molecular formula is C28H29N5O3. The smallest absolute Gasteiger partial charge is 0.254 e. The molecule has 1 fully saturated rings. The van der Waals surface area contributed by atoms with Gasteiger partial charge in [-0.15, -0.1) is 0 Å². The van der Waals surface area contributed by atoms with Gasteiger partial charge >= 0.3 is 0 Å². The summed E-state index contributed by atoms with van der Waals surface area (Å²) >= 11 is 0. The summed E-state index contributed by atoms with van der Waals surface area (Å²) in [5.74, 6) is 2.30. The number of morpholine rings is 1. The third-order valence-electron chi connectivity index (χ3n) is 7.12. The second kappa shape index (κ2) is 9.28. The Kier molecular flexibility index (Phi) is 5.81. The fourth-order valence-corrected chi connectivity index (χ4v) is 5.20. The van der Waals surface area contributed by atoms with Gasteiger partial charge in [0, 0.05) is 46.9 Å². The lowest BCUT2D eigenvalue weighted by molar-refractivity contribution is 0.0731. The number of rotatable bonds is 4. The molecule has 8 heteroatoms. The van der Waals surface area contributed by atoms with Gasteiger partial charge in [-0.25, -0.2) is 9.97 Å². The molecule has 0 unspecified atom stereocenters. The van der Waals surface area contributed by atoms with Gasteiger partial charge in [0.25, 0.3) is 5.91 Å². The molecule has 2 aromatic carbocycles. The number of benzene rings is 2. The van der Waals surface area contributed by atoms with Crippen molar-refractivity contribution in [3.05, 3.63) is 71.5 Å². The number of hydrogen-bond acceptors (Lipinski definition) is 6. The largest absolute Gasteiger partial charge is 0.497 e. The summed E-state index contributed by atoms with van der Waals surface area (Å²) in [6.45, 7) is 5.35. The maximum absolute atomic E-state index is 13.4. The summed E-state index contributed by atoms with van der Waals surface area (Å²) in [5.41, 5.74) is 4.68. The Balaban J connectivity index is 1.43. The lowest BCUT2D eigenvalue weighted by Crippen LogP contribution is -2.45. The summed E-state index contributed by atoms with van der Waals surface area (Å²) in [7, 11) is 1.61. The van der Waals surface area contributed by atoms with Crippen molar-refractivity contribution in [1.29, 1.82) is 0 Å². The molecule has 184 valence electrons. The van der Waals surface area contributed by atoms with E-state index in [1.54, 1.807) is 13.2 Å². The molecule has 0 aliphatic carbocycles. The van der Waals surface area contributed by atoms with E-state index in [4.69, 9.17) is 19.4 Å². The number of H-pyrrole nitrogens is 1. The third kappa shape index (κ3) is 3.97. The molecule has 1 saturated heterocycles. The minimum Gasteiger partial charge on any atom is -0.497 e. The van der Waals surface area contributed by atoms with Gasteiger partial charge in [-0.2, -0.15) is 0 Å². The first-order valence-corrected chi connectivity index (χ1v) is 12.4. The number of carbonyl (C=O) groups is 1. The van der Waals surface area contributed by atoms with E-state index in [-0.39, 0.29) is 11.9 Å². The van der Waals surface area contributed by atoms with Gasteiger partial charge in [-0.05, 0) is 43.7 Å². The van der Waals surface area contributed by atoms with Gasteiger partial charge in [-0.1, -0.05) is 18.2 Å². The van der Waals surface area contributed by atoms with Crippen LogP contribution in [0.4, 0.5) is 5.82 Å². The zero-order valence-electron chi connectivity index (χ0n) is 20.5. The van der Waals surface area contributed by atoms with Crippen molar-refractivity contribution in [2.75, 3.05) is 38.3 Å². The van der Waals surface area contributed by atoms with Crippen LogP contribution in [0.5, 0.6) is 5.75 Å². The number of ether oxygens (including phenoxy) is 2. The molecule has 2 aromatic heterocycles. The number of amides is 1. The van der Waals surface area contributed by atoms with E-state index >= 15 is 0 Å². The van der Waals surface area contributed by atoms with Crippen molar-refractivity contribution >= 4 is 22.6 Å². The van der Waals surface area contributed by atoms with Gasteiger partial charge in [0.05, 0.1) is 38.6 Å². The Labute approximate surface area is 209 Å². The predicted octanol–water partition coefficient (Wildman–Crippen LogP) is 4.06. The summed E-state index contributed by atoms with van der Waals surface area (Å²) in [5, 5.41) is 1.08. The van der Waals surface area contributed by atoms with Crippen molar-refractivity contribution in [1.82, 2.24) is 19.9 Å². The molecule has 8 nitrogen and oxygen atoms in total. The molecule has 6 rings (SSSR count). The Hall–Kier alpha value is -3.91. The molecule has 1 amide bonds. The van der Waals surface area contributed by atoms with Crippen molar-refractivity contribution in [3.63, 3.8) is 0 Å². The highest BCUT2D eigenvalue weighted by molar-refractivity contribution is 5.95. The number of nitrogens with zero attached hydrogens (tertiary/aromatic N) is 4. The number of fused-ring (bicyclic) bond motifs is 2. The molecular weight excluding hydrogens is 454 g/mol. The monoisotopic (exact) mass is 483 g/mol. The number of aromatic amines is 1. The first-order chi connectivity index (χ1) is 17.6. The normalized spacial score (nSPS) is 17.8. The fourth-order valence-electron chi connectivity index (χ4n) is 5.20. The molecule has 1 atom stereocenters. The van der Waals surface area contributed by atoms with E-state index < -0.39 is 0 Å². The third-order valence-corrected chi connectivity index (χ3v) is 7.12. The van der Waals surface area contributed by atoms with Crippen molar-refractivity contribution in [2.24, 2.45) is 0 Å². The number of methoxy groups -OCH3 is 1. The second-order valence-corrected chi connectivity index (χ2v) is 9.37. The van der Waals surface area contributed by atoms with Crippen LogP contribution in [0.1, 0.15) is 28.5 Å². The lowest BCUT2D eigenvalue weighted by atomic mass is 10.0. The fraction of sp³-hybridized carbons (Fsp3) is 0.321. The van der Waals surface area contributed by atoms with Gasteiger partial charge in [0.2, 0.25) is 0 Å². The van der Waals surface area contributed by atoms with Crippen molar-refractivity contribution < 1.29 is 14.3 Å². The Bertz CT molecular complexity index is 1430. The average molecular weight is 484 g/mol. The van der Waals surface area contributed by atoms with Crippen LogP contribution in [0.25, 0.3) is 22.3 Å². The second-order valence-electron chi connectivity index (χ2n) is 9.37. The maximum atomic E-state index is 13.4. The van der Waals surface area contributed by atoms with Crippen molar-refractivity contribution in [3.8, 4) is 17.1 Å². The Morgan fingerprint density at radius 2 is 2.03 bits per heavy atom. The zero-order chi connectivity index (χ0) is 24.6. The van der Waals surface area contributed by atoms with E-state index in [0.717, 1.165) is 40.1 Å². The first kappa shape index (κ1) is 22.5. The highest BCUT2D eigenvalue weighted by atomic mass is 16.5. The number of hydrogen-bond donors (Lipinski definition) is 1. The first-order valence-electron chi connectivity index (χ1n) is 12.4. The molecule has 2 aliphatic heterocycles. The standard InChI is InChI=1S/C28H29N5O3/c1-18-17-36-14-13-33(18)27-23-10-12-32(28(34)19-5-3-6-20(15-19)35-2)16-25(23)30-26(31-27)22-7-4-8-24-21(22)9-11-29-24/h3-9,11,15,18,29H,10,12-14,16-17H2,1-2H3/t18-/m1/s1. The summed E-state index contributed by atoms with van der Waals surface area (Å²) < 4.78 is 11.0.